The molecule has 5 N–H and O–H groups in total. The smallest absolute Gasteiger partial charge is 0.234 e. The number of allylic oxidation sites excluding steroid dienone is 1. The highest BCUT2D eigenvalue weighted by Gasteiger charge is 2.48. The molecule has 0 spiro atoms. The number of amides is 1. The molecule has 1 aromatic rings. The Labute approximate surface area is 178 Å². The molecule has 4 atom stereocenters. The molecule has 2 heterocycles. The molecule has 7 heteroatoms. The molecule has 0 fully saturated rings. The van der Waals surface area contributed by atoms with Crippen molar-refractivity contribution in [2.75, 3.05) is 25.1 Å². The summed E-state index contributed by atoms with van der Waals surface area (Å²) in [6.07, 6.45) is 4.04. The van der Waals surface area contributed by atoms with E-state index in [0.29, 0.717) is 6.04 Å². The maximum absolute atomic E-state index is 13.1. The zero-order valence-electron chi connectivity index (χ0n) is 17.8. The van der Waals surface area contributed by atoms with Crippen molar-refractivity contribution >= 4 is 29.3 Å². The summed E-state index contributed by atoms with van der Waals surface area (Å²) in [5.41, 5.74) is 13.4. The molecule has 0 aliphatic carbocycles. The van der Waals surface area contributed by atoms with Gasteiger partial charge in [0.2, 0.25) is 5.91 Å². The summed E-state index contributed by atoms with van der Waals surface area (Å²) in [5, 5.41) is 3.50. The van der Waals surface area contributed by atoms with Crippen LogP contribution in [-0.2, 0) is 4.79 Å². The van der Waals surface area contributed by atoms with Crippen molar-refractivity contribution in [2.24, 2.45) is 16.6 Å². The lowest BCUT2D eigenvalue weighted by Crippen LogP contribution is -2.56. The quantitative estimate of drug-likeness (QED) is 0.595. The van der Waals surface area contributed by atoms with Gasteiger partial charge < -0.3 is 16.8 Å². The fourth-order valence-electron chi connectivity index (χ4n) is 3.98. The first-order valence-corrected chi connectivity index (χ1v) is 11.3. The molecule has 29 heavy (non-hydrogen) atoms. The Balaban J connectivity index is 1.88. The number of nitrogen functional groups attached to an aromatic ring is 1. The number of anilines is 1. The van der Waals surface area contributed by atoms with Crippen molar-refractivity contribution in [3.8, 4) is 0 Å². The largest absolute Gasteiger partial charge is 0.399 e. The topological polar surface area (TPSA) is 96.7 Å². The highest BCUT2D eigenvalue weighted by atomic mass is 32.2. The number of thioether (sulfide) groups is 1. The Hall–Kier alpha value is -1.99. The molecule has 0 aromatic heterocycles. The summed E-state index contributed by atoms with van der Waals surface area (Å²) >= 11 is 1.78. The predicted octanol–water partition coefficient (Wildman–Crippen LogP) is 2.92. The maximum Gasteiger partial charge on any atom is 0.234 e. The van der Waals surface area contributed by atoms with Gasteiger partial charge >= 0.3 is 0 Å². The zero-order valence-corrected chi connectivity index (χ0v) is 18.6. The van der Waals surface area contributed by atoms with Gasteiger partial charge in [-0.3, -0.25) is 9.69 Å². The van der Waals surface area contributed by atoms with Crippen molar-refractivity contribution in [1.29, 1.82) is 0 Å². The van der Waals surface area contributed by atoms with Crippen LogP contribution in [0.5, 0.6) is 0 Å². The molecule has 2 aliphatic heterocycles. The molecule has 1 aromatic carbocycles. The second-order valence-corrected chi connectivity index (χ2v) is 9.30. The van der Waals surface area contributed by atoms with E-state index in [1.165, 1.54) is 10.5 Å². The third-order valence-electron chi connectivity index (χ3n) is 6.14. The van der Waals surface area contributed by atoms with Crippen LogP contribution in [0.4, 0.5) is 5.69 Å². The summed E-state index contributed by atoms with van der Waals surface area (Å²) in [6.45, 7) is 7.15. The number of hydrogen-bond donors (Lipinski definition) is 3. The Morgan fingerprint density at radius 2 is 2.17 bits per heavy atom. The van der Waals surface area contributed by atoms with Crippen LogP contribution in [0.1, 0.15) is 45.1 Å². The lowest BCUT2D eigenvalue weighted by Gasteiger charge is -2.41. The Morgan fingerprint density at radius 1 is 1.41 bits per heavy atom. The number of carbonyl (C=O) groups excluding carboxylic acids is 1. The van der Waals surface area contributed by atoms with Gasteiger partial charge in [-0.05, 0) is 50.9 Å². The number of nitrogens with two attached hydrogens (primary N) is 2. The van der Waals surface area contributed by atoms with Crippen LogP contribution in [0.25, 0.3) is 0 Å². The summed E-state index contributed by atoms with van der Waals surface area (Å²) in [5.74, 6) is 1.28. The van der Waals surface area contributed by atoms with Crippen LogP contribution in [0, 0.1) is 5.92 Å². The maximum atomic E-state index is 13.1. The van der Waals surface area contributed by atoms with E-state index in [1.807, 2.05) is 18.2 Å². The highest BCUT2D eigenvalue weighted by Crippen LogP contribution is 2.48. The fourth-order valence-corrected chi connectivity index (χ4v) is 5.37. The van der Waals surface area contributed by atoms with Crippen LogP contribution in [-0.4, -0.2) is 47.7 Å². The van der Waals surface area contributed by atoms with Crippen molar-refractivity contribution in [1.82, 2.24) is 10.2 Å². The number of benzene rings is 1. The van der Waals surface area contributed by atoms with Gasteiger partial charge in [0.05, 0.1) is 5.92 Å². The van der Waals surface area contributed by atoms with E-state index in [0.717, 1.165) is 35.7 Å². The van der Waals surface area contributed by atoms with Gasteiger partial charge in [-0.15, -0.1) is 11.8 Å². The molecule has 0 radical (unpaired) electrons. The van der Waals surface area contributed by atoms with Crippen molar-refractivity contribution in [3.63, 3.8) is 0 Å². The van der Waals surface area contributed by atoms with Crippen molar-refractivity contribution in [3.05, 3.63) is 40.8 Å². The molecular weight excluding hydrogens is 382 g/mol. The van der Waals surface area contributed by atoms with Crippen molar-refractivity contribution < 1.29 is 4.79 Å². The normalized spacial score (nSPS) is 28.3. The molecule has 3 rings (SSSR count). The van der Waals surface area contributed by atoms with Crippen LogP contribution in [0.15, 0.2) is 40.2 Å². The van der Waals surface area contributed by atoms with Crippen molar-refractivity contribution in [2.45, 2.75) is 51.1 Å². The first-order chi connectivity index (χ1) is 13.8. The molecule has 2 aliphatic rings. The van der Waals surface area contributed by atoms with E-state index < -0.39 is 5.54 Å². The third kappa shape index (κ3) is 4.46. The fraction of sp³-hybridized carbons (Fsp3) is 0.545. The molecule has 1 amide bonds. The number of guanidine groups is 1. The Bertz CT molecular complexity index is 823. The van der Waals surface area contributed by atoms with E-state index in [-0.39, 0.29) is 23.7 Å². The Morgan fingerprint density at radius 3 is 2.86 bits per heavy atom. The van der Waals surface area contributed by atoms with E-state index in [9.17, 15) is 4.79 Å². The summed E-state index contributed by atoms with van der Waals surface area (Å²) in [7, 11) is 1.71. The predicted molar refractivity (Wildman–Crippen MR) is 123 cm³/mol. The minimum Gasteiger partial charge on any atom is -0.399 e. The van der Waals surface area contributed by atoms with Crippen LogP contribution in [0.3, 0.4) is 0 Å². The van der Waals surface area contributed by atoms with Crippen LogP contribution < -0.4 is 16.8 Å². The molecule has 0 saturated carbocycles. The average molecular weight is 416 g/mol. The molecule has 6 nitrogen and oxygen atoms in total. The van der Waals surface area contributed by atoms with E-state index in [4.69, 9.17) is 16.5 Å². The van der Waals surface area contributed by atoms with Crippen LogP contribution in [0.2, 0.25) is 0 Å². The number of rotatable bonds is 7. The van der Waals surface area contributed by atoms with Crippen LogP contribution >= 0.6 is 11.8 Å². The lowest BCUT2D eigenvalue weighted by atomic mass is 9.80. The van der Waals surface area contributed by atoms with Gasteiger partial charge in [-0.2, -0.15) is 0 Å². The van der Waals surface area contributed by atoms with Gasteiger partial charge in [0.1, 0.15) is 5.54 Å². The number of aliphatic imine (C=N–C) groups is 1. The summed E-state index contributed by atoms with van der Waals surface area (Å²) < 4.78 is 0. The number of hydrogen-bond acceptors (Lipinski definition) is 6. The number of nitrogens with zero attached hydrogens (tertiary/aromatic N) is 2. The van der Waals surface area contributed by atoms with E-state index >= 15 is 0 Å². The van der Waals surface area contributed by atoms with Gasteiger partial charge in [0.25, 0.3) is 0 Å². The number of nitrogens with one attached hydrogen (secondary N) is 1. The standard InChI is InChI=1S/C22H33N5OS/c1-5-14(2)25-10-9-18-20(28)27(4)21(24)26-22(18,3)19-12-16(13-29-19)15-7-6-8-17(23)11-15/h6-8,11-12,14,16,18,25H,5,9-10,13,23H2,1-4H3,(H2,24,26)/t14?,16?,18-,22-/m0/s1. The average Bonchev–Trinajstić information content (AvgIpc) is 3.20. The second-order valence-electron chi connectivity index (χ2n) is 8.24. The van der Waals surface area contributed by atoms with E-state index in [1.54, 1.807) is 18.8 Å². The molecule has 2 unspecified atom stereocenters. The highest BCUT2D eigenvalue weighted by molar-refractivity contribution is 8.03. The summed E-state index contributed by atoms with van der Waals surface area (Å²) in [4.78, 5) is 20.6. The zero-order chi connectivity index (χ0) is 21.2. The van der Waals surface area contributed by atoms with Gasteiger partial charge in [-0.25, -0.2) is 4.99 Å². The third-order valence-corrected chi connectivity index (χ3v) is 7.53. The van der Waals surface area contributed by atoms with Gasteiger partial charge in [0.15, 0.2) is 5.96 Å². The first kappa shape index (κ1) is 21.7. The Kier molecular flexibility index (Phi) is 6.58. The second kappa shape index (κ2) is 8.79. The van der Waals surface area contributed by atoms with E-state index in [2.05, 4.69) is 38.2 Å². The minimum absolute atomic E-state index is 0.0415. The summed E-state index contributed by atoms with van der Waals surface area (Å²) in [6, 6.07) is 8.45. The molecule has 0 bridgehead atoms. The molecule has 0 saturated heterocycles. The van der Waals surface area contributed by atoms with Gasteiger partial charge in [-0.1, -0.05) is 25.1 Å². The lowest BCUT2D eigenvalue weighted by molar-refractivity contribution is -0.133. The monoisotopic (exact) mass is 415 g/mol. The minimum atomic E-state index is -0.634. The van der Waals surface area contributed by atoms with Gasteiger partial charge in [0, 0.05) is 35.4 Å². The SMILES string of the molecule is CCC(C)NCC[C@H]1C(=O)N(C)C(N)=N[C@]1(C)C1=CC(c2cccc(N)c2)CS1. The number of carbonyl (C=O) groups is 1. The molecule has 158 valence electrons. The molecular formula is C22H33N5OS. The first-order valence-electron chi connectivity index (χ1n) is 10.3.